The van der Waals surface area contributed by atoms with Crippen molar-refractivity contribution in [1.29, 1.82) is 0 Å². The van der Waals surface area contributed by atoms with E-state index in [4.69, 9.17) is 0 Å². The number of nitrogens with zero attached hydrogens (tertiary/aromatic N) is 6. The average Bonchev–Trinajstić information content (AvgIpc) is 3.58. The third-order valence-electron chi connectivity index (χ3n) is 6.83. The van der Waals surface area contributed by atoms with Gasteiger partial charge < -0.3 is 15.1 Å². The Morgan fingerprint density at radius 1 is 1.00 bits per heavy atom. The summed E-state index contributed by atoms with van der Waals surface area (Å²) in [7, 11) is 0. The molecule has 0 saturated carbocycles. The number of rotatable bonds is 7. The summed E-state index contributed by atoms with van der Waals surface area (Å²) in [4.78, 5) is 20.2. The van der Waals surface area contributed by atoms with Crippen LogP contribution in [-0.2, 0) is 11.3 Å². The number of amides is 1. The van der Waals surface area contributed by atoms with E-state index in [1.165, 1.54) is 5.56 Å². The highest BCUT2D eigenvalue weighted by Crippen LogP contribution is 2.28. The maximum Gasteiger partial charge on any atom is 0.229 e. The first kappa shape index (κ1) is 23.0. The van der Waals surface area contributed by atoms with Crippen LogP contribution in [0.5, 0.6) is 0 Å². The zero-order chi connectivity index (χ0) is 23.3. The Labute approximate surface area is 205 Å². The average molecular weight is 480 g/mol. The van der Waals surface area contributed by atoms with Crippen LogP contribution in [0.2, 0.25) is 0 Å². The Hall–Kier alpha value is -2.75. The molecule has 0 spiro atoms. The van der Waals surface area contributed by atoms with Crippen molar-refractivity contribution in [3.8, 4) is 5.13 Å². The number of hydrogen-bond acceptors (Lipinski definition) is 7. The highest BCUT2D eigenvalue weighted by atomic mass is 32.1. The van der Waals surface area contributed by atoms with Gasteiger partial charge in [0.2, 0.25) is 16.2 Å². The van der Waals surface area contributed by atoms with E-state index in [9.17, 15) is 4.79 Å². The van der Waals surface area contributed by atoms with Gasteiger partial charge in [0, 0.05) is 63.9 Å². The number of likely N-dealkylation sites (N-methyl/N-ethyl adjacent to an activating group) is 1. The molecule has 180 valence electrons. The van der Waals surface area contributed by atoms with Gasteiger partial charge in [-0.2, -0.15) is 0 Å². The van der Waals surface area contributed by atoms with Crippen LogP contribution in [0.1, 0.15) is 25.3 Å². The zero-order valence-electron chi connectivity index (χ0n) is 19.8. The number of anilines is 2. The van der Waals surface area contributed by atoms with Gasteiger partial charge in [0.15, 0.2) is 0 Å². The normalized spacial score (nSPS) is 19.9. The molecule has 2 saturated heterocycles. The van der Waals surface area contributed by atoms with Gasteiger partial charge >= 0.3 is 0 Å². The minimum atomic E-state index is -0.0535. The van der Waals surface area contributed by atoms with E-state index in [2.05, 4.69) is 49.3 Å². The Morgan fingerprint density at radius 3 is 2.44 bits per heavy atom. The molecule has 2 aliphatic heterocycles. The van der Waals surface area contributed by atoms with Crippen LogP contribution in [-0.4, -0.2) is 76.3 Å². The smallest absolute Gasteiger partial charge is 0.229 e. The summed E-state index contributed by atoms with van der Waals surface area (Å²) >= 11 is 1.56. The summed E-state index contributed by atoms with van der Waals surface area (Å²) < 4.78 is 1.96. The van der Waals surface area contributed by atoms with Crippen molar-refractivity contribution in [2.45, 2.75) is 26.3 Å². The Kier molecular flexibility index (Phi) is 7.22. The van der Waals surface area contributed by atoms with Crippen molar-refractivity contribution in [3.63, 3.8) is 0 Å². The van der Waals surface area contributed by atoms with Gasteiger partial charge in [0.25, 0.3) is 0 Å². The minimum absolute atomic E-state index is 0.0535. The van der Waals surface area contributed by atoms with Gasteiger partial charge in [0.1, 0.15) is 0 Å². The molecular formula is C25H33N7OS. The van der Waals surface area contributed by atoms with Crippen molar-refractivity contribution >= 4 is 28.1 Å². The number of carbonyl (C=O) groups excluding carboxylic acids is 1. The number of nitrogens with one attached hydrogen (secondary N) is 1. The van der Waals surface area contributed by atoms with Gasteiger partial charge in [-0.05, 0) is 49.2 Å². The second-order valence-corrected chi connectivity index (χ2v) is 10.1. The molecule has 1 unspecified atom stereocenters. The SMILES string of the molecule is CCN1CCN(Cc2ccc(NC(=O)C3CCCN(c4nnc(-n5cccc5)s4)C3)cc2)CC1. The first-order valence-corrected chi connectivity index (χ1v) is 13.1. The van der Waals surface area contributed by atoms with Crippen molar-refractivity contribution in [2.24, 2.45) is 5.92 Å². The first-order valence-electron chi connectivity index (χ1n) is 12.2. The standard InChI is InChI=1S/C25H33N7OS/c1-2-29-14-16-30(17-15-29)18-20-7-9-22(10-8-20)26-23(33)21-6-5-13-32(19-21)25-28-27-24(34-25)31-11-3-4-12-31/h3-4,7-12,21H,2,5-6,13-19H2,1H3,(H,26,33). The van der Waals surface area contributed by atoms with Crippen LogP contribution in [0.25, 0.3) is 5.13 Å². The maximum atomic E-state index is 13.0. The molecular weight excluding hydrogens is 446 g/mol. The number of aromatic nitrogens is 3. The molecule has 1 aromatic carbocycles. The number of carbonyl (C=O) groups is 1. The number of piperidine rings is 1. The Bertz CT molecular complexity index is 1060. The van der Waals surface area contributed by atoms with E-state index >= 15 is 0 Å². The third kappa shape index (κ3) is 5.48. The molecule has 0 aliphatic carbocycles. The molecule has 5 rings (SSSR count). The van der Waals surface area contributed by atoms with E-state index in [1.807, 2.05) is 41.2 Å². The van der Waals surface area contributed by atoms with Gasteiger partial charge in [-0.15, -0.1) is 10.2 Å². The van der Waals surface area contributed by atoms with Gasteiger partial charge in [0.05, 0.1) is 5.92 Å². The number of benzene rings is 1. The van der Waals surface area contributed by atoms with Gasteiger partial charge in [-0.1, -0.05) is 30.4 Å². The molecule has 2 aromatic heterocycles. The molecule has 0 bridgehead atoms. The molecule has 1 amide bonds. The van der Waals surface area contributed by atoms with Crippen molar-refractivity contribution in [1.82, 2.24) is 24.6 Å². The second kappa shape index (κ2) is 10.7. The van der Waals surface area contributed by atoms with E-state index < -0.39 is 0 Å². The first-order chi connectivity index (χ1) is 16.7. The highest BCUT2D eigenvalue weighted by Gasteiger charge is 2.28. The second-order valence-electron chi connectivity index (χ2n) is 9.14. The largest absolute Gasteiger partial charge is 0.346 e. The molecule has 1 N–H and O–H groups in total. The maximum absolute atomic E-state index is 13.0. The molecule has 8 nitrogen and oxygen atoms in total. The number of piperazine rings is 1. The summed E-state index contributed by atoms with van der Waals surface area (Å²) in [6.07, 6.45) is 5.80. The summed E-state index contributed by atoms with van der Waals surface area (Å²) in [6, 6.07) is 12.3. The Balaban J connectivity index is 1.14. The topological polar surface area (TPSA) is 69.5 Å². The van der Waals surface area contributed by atoms with Crippen LogP contribution in [0.3, 0.4) is 0 Å². The monoisotopic (exact) mass is 479 g/mol. The summed E-state index contributed by atoms with van der Waals surface area (Å²) in [6.45, 7) is 10.4. The van der Waals surface area contributed by atoms with Crippen molar-refractivity contribution in [3.05, 3.63) is 54.4 Å². The lowest BCUT2D eigenvalue weighted by molar-refractivity contribution is -0.120. The lowest BCUT2D eigenvalue weighted by atomic mass is 9.97. The molecule has 34 heavy (non-hydrogen) atoms. The number of hydrogen-bond donors (Lipinski definition) is 1. The zero-order valence-corrected chi connectivity index (χ0v) is 20.6. The lowest BCUT2D eigenvalue weighted by Crippen LogP contribution is -2.45. The summed E-state index contributed by atoms with van der Waals surface area (Å²) in [5.74, 6) is 0.0329. The Morgan fingerprint density at radius 2 is 1.71 bits per heavy atom. The minimum Gasteiger partial charge on any atom is -0.346 e. The van der Waals surface area contributed by atoms with Crippen molar-refractivity contribution < 1.29 is 4.79 Å². The molecule has 2 aliphatic rings. The quantitative estimate of drug-likeness (QED) is 0.561. The van der Waals surface area contributed by atoms with Crippen LogP contribution in [0, 0.1) is 5.92 Å². The summed E-state index contributed by atoms with van der Waals surface area (Å²) in [5.41, 5.74) is 2.16. The van der Waals surface area contributed by atoms with E-state index in [0.29, 0.717) is 6.54 Å². The molecule has 2 fully saturated rings. The summed E-state index contributed by atoms with van der Waals surface area (Å²) in [5, 5.41) is 13.5. The van der Waals surface area contributed by atoms with Crippen LogP contribution in [0.4, 0.5) is 10.8 Å². The predicted octanol–water partition coefficient (Wildman–Crippen LogP) is 3.32. The molecule has 0 radical (unpaired) electrons. The van der Waals surface area contributed by atoms with E-state index in [1.54, 1.807) is 11.3 Å². The van der Waals surface area contributed by atoms with Gasteiger partial charge in [-0.3, -0.25) is 14.3 Å². The fraction of sp³-hybridized carbons (Fsp3) is 0.480. The molecule has 1 atom stereocenters. The highest BCUT2D eigenvalue weighted by molar-refractivity contribution is 7.17. The van der Waals surface area contributed by atoms with Gasteiger partial charge in [-0.25, -0.2) is 0 Å². The van der Waals surface area contributed by atoms with E-state index in [-0.39, 0.29) is 11.8 Å². The third-order valence-corrected chi connectivity index (χ3v) is 7.83. The lowest BCUT2D eigenvalue weighted by Gasteiger charge is -2.34. The van der Waals surface area contributed by atoms with Crippen LogP contribution < -0.4 is 10.2 Å². The molecule has 4 heterocycles. The van der Waals surface area contributed by atoms with E-state index in [0.717, 1.165) is 74.6 Å². The molecule has 9 heteroatoms. The van der Waals surface area contributed by atoms with Crippen molar-refractivity contribution in [2.75, 3.05) is 56.0 Å². The fourth-order valence-corrected chi connectivity index (χ4v) is 5.58. The predicted molar refractivity (Wildman–Crippen MR) is 137 cm³/mol. The van der Waals surface area contributed by atoms with Crippen LogP contribution >= 0.6 is 11.3 Å². The molecule has 3 aromatic rings. The van der Waals surface area contributed by atoms with Crippen LogP contribution in [0.15, 0.2) is 48.8 Å². The fourth-order valence-electron chi connectivity index (χ4n) is 4.73.